The molecule has 118 valence electrons. The van der Waals surface area contributed by atoms with Gasteiger partial charge in [0.2, 0.25) is 0 Å². The van der Waals surface area contributed by atoms with Gasteiger partial charge in [-0.3, -0.25) is 9.69 Å². The van der Waals surface area contributed by atoms with E-state index in [1.807, 2.05) is 0 Å². The van der Waals surface area contributed by atoms with Gasteiger partial charge in [-0.1, -0.05) is 52.0 Å². The van der Waals surface area contributed by atoms with Crippen molar-refractivity contribution < 1.29 is 9.90 Å². The summed E-state index contributed by atoms with van der Waals surface area (Å²) in [7, 11) is 0. The van der Waals surface area contributed by atoms with Crippen LogP contribution in [0.1, 0.15) is 51.8 Å². The maximum Gasteiger partial charge on any atom is 0.307 e. The fourth-order valence-corrected chi connectivity index (χ4v) is 2.61. The molecule has 21 heavy (non-hydrogen) atoms. The Balaban J connectivity index is 2.75. The number of carbonyl (C=O) groups is 1. The Morgan fingerprint density at radius 2 is 1.71 bits per heavy atom. The number of benzene rings is 1. The molecule has 0 aliphatic carbocycles. The molecule has 0 amide bonds. The van der Waals surface area contributed by atoms with E-state index in [9.17, 15) is 4.79 Å². The lowest BCUT2D eigenvalue weighted by Crippen LogP contribution is -2.33. The molecule has 2 atom stereocenters. The third-order valence-corrected chi connectivity index (χ3v) is 3.99. The van der Waals surface area contributed by atoms with Gasteiger partial charge in [0.15, 0.2) is 0 Å². The van der Waals surface area contributed by atoms with Crippen molar-refractivity contribution in [2.45, 2.75) is 47.1 Å². The third-order valence-electron chi connectivity index (χ3n) is 3.99. The summed E-state index contributed by atoms with van der Waals surface area (Å²) < 4.78 is 0. The van der Waals surface area contributed by atoms with Gasteiger partial charge in [0.05, 0.1) is 5.92 Å². The van der Waals surface area contributed by atoms with E-state index in [1.165, 1.54) is 11.1 Å². The highest BCUT2D eigenvalue weighted by Crippen LogP contribution is 2.22. The number of hydrogen-bond acceptors (Lipinski definition) is 2. The number of hydrogen-bond donors (Lipinski definition) is 1. The molecule has 0 saturated heterocycles. The lowest BCUT2D eigenvalue weighted by Gasteiger charge is -2.29. The van der Waals surface area contributed by atoms with Crippen LogP contribution in [0, 0.1) is 11.8 Å². The zero-order valence-corrected chi connectivity index (χ0v) is 14.0. The first-order chi connectivity index (χ1) is 9.85. The first kappa shape index (κ1) is 17.7. The topological polar surface area (TPSA) is 40.5 Å². The predicted octanol–water partition coefficient (Wildman–Crippen LogP) is 3.99. The number of carboxylic acid groups (broad SMARTS) is 1. The van der Waals surface area contributed by atoms with E-state index in [-0.39, 0.29) is 12.0 Å². The first-order valence-electron chi connectivity index (χ1n) is 7.90. The van der Waals surface area contributed by atoms with Crippen molar-refractivity contribution in [2.24, 2.45) is 11.8 Å². The van der Waals surface area contributed by atoms with Gasteiger partial charge in [-0.15, -0.1) is 0 Å². The molecule has 1 aromatic carbocycles. The van der Waals surface area contributed by atoms with Gasteiger partial charge in [0, 0.05) is 12.6 Å². The fourth-order valence-electron chi connectivity index (χ4n) is 2.61. The Bertz CT molecular complexity index is 439. The Labute approximate surface area is 129 Å². The summed E-state index contributed by atoms with van der Waals surface area (Å²) in [6.07, 6.45) is 1.10. The molecule has 3 heteroatoms. The summed E-state index contributed by atoms with van der Waals surface area (Å²) in [5.74, 6) is -0.405. The molecule has 0 spiro atoms. The molecule has 1 rings (SSSR count). The number of carboxylic acids is 1. The van der Waals surface area contributed by atoms with Crippen LogP contribution in [0.15, 0.2) is 24.3 Å². The largest absolute Gasteiger partial charge is 0.481 e. The van der Waals surface area contributed by atoms with E-state index in [0.717, 1.165) is 13.0 Å². The number of rotatable bonds is 8. The summed E-state index contributed by atoms with van der Waals surface area (Å²) >= 11 is 0. The van der Waals surface area contributed by atoms with Crippen LogP contribution >= 0.6 is 0 Å². The molecule has 0 aliphatic rings. The van der Waals surface area contributed by atoms with Crippen LogP contribution in [0.2, 0.25) is 0 Å². The second kappa shape index (κ2) is 8.18. The second-order valence-electron chi connectivity index (χ2n) is 6.34. The van der Waals surface area contributed by atoms with Gasteiger partial charge in [0.1, 0.15) is 0 Å². The molecule has 3 nitrogen and oxygen atoms in total. The molecule has 0 aliphatic heterocycles. The molecule has 0 saturated carbocycles. The normalized spacial score (nSPS) is 14.4. The second-order valence-corrected chi connectivity index (χ2v) is 6.34. The molecule has 0 radical (unpaired) electrons. The average Bonchev–Trinajstić information content (AvgIpc) is 2.43. The Morgan fingerprint density at radius 1 is 1.14 bits per heavy atom. The Kier molecular flexibility index (Phi) is 6.90. The highest BCUT2D eigenvalue weighted by molar-refractivity contribution is 5.69. The van der Waals surface area contributed by atoms with Crippen LogP contribution < -0.4 is 0 Å². The van der Waals surface area contributed by atoms with Crippen LogP contribution in [0.4, 0.5) is 0 Å². The summed E-state index contributed by atoms with van der Waals surface area (Å²) in [6, 6.07) is 8.98. The zero-order chi connectivity index (χ0) is 16.0. The van der Waals surface area contributed by atoms with Crippen LogP contribution in [0.3, 0.4) is 0 Å². The van der Waals surface area contributed by atoms with E-state index in [1.54, 1.807) is 6.92 Å². The van der Waals surface area contributed by atoms with Crippen molar-refractivity contribution in [3.05, 3.63) is 35.4 Å². The number of aliphatic carboxylic acids is 1. The molecule has 0 heterocycles. The standard InChI is InChI=1S/C18H29NO2/c1-6-19(12-14(4)18(20)21)15(5)17-9-7-16(8-10-17)11-13(2)3/h7-10,13-15H,6,11-12H2,1-5H3,(H,20,21). The van der Waals surface area contributed by atoms with Crippen LogP contribution in [-0.4, -0.2) is 29.1 Å². The van der Waals surface area contributed by atoms with Crippen molar-refractivity contribution in [1.82, 2.24) is 4.90 Å². The molecule has 2 unspecified atom stereocenters. The van der Waals surface area contributed by atoms with Crippen molar-refractivity contribution in [2.75, 3.05) is 13.1 Å². The Hall–Kier alpha value is -1.35. The average molecular weight is 291 g/mol. The van der Waals surface area contributed by atoms with E-state index < -0.39 is 5.97 Å². The van der Waals surface area contributed by atoms with Gasteiger partial charge in [-0.05, 0) is 36.9 Å². The van der Waals surface area contributed by atoms with Crippen LogP contribution in [0.25, 0.3) is 0 Å². The van der Waals surface area contributed by atoms with Gasteiger partial charge >= 0.3 is 5.97 Å². The zero-order valence-electron chi connectivity index (χ0n) is 14.0. The highest BCUT2D eigenvalue weighted by atomic mass is 16.4. The van der Waals surface area contributed by atoms with E-state index in [4.69, 9.17) is 5.11 Å². The maximum absolute atomic E-state index is 11.0. The molecular formula is C18H29NO2. The monoisotopic (exact) mass is 291 g/mol. The molecular weight excluding hydrogens is 262 g/mol. The molecule has 1 aromatic rings. The van der Waals surface area contributed by atoms with E-state index in [0.29, 0.717) is 12.5 Å². The number of nitrogens with zero attached hydrogens (tertiary/aromatic N) is 1. The minimum absolute atomic E-state index is 0.241. The van der Waals surface area contributed by atoms with Crippen molar-refractivity contribution in [1.29, 1.82) is 0 Å². The smallest absolute Gasteiger partial charge is 0.307 e. The van der Waals surface area contributed by atoms with Crippen LogP contribution in [-0.2, 0) is 11.2 Å². The van der Waals surface area contributed by atoms with Crippen LogP contribution in [0.5, 0.6) is 0 Å². The minimum atomic E-state index is -0.729. The van der Waals surface area contributed by atoms with E-state index >= 15 is 0 Å². The molecule has 0 aromatic heterocycles. The quantitative estimate of drug-likeness (QED) is 0.787. The van der Waals surface area contributed by atoms with Crippen molar-refractivity contribution in [3.63, 3.8) is 0 Å². The SMILES string of the molecule is CCN(CC(C)C(=O)O)C(C)c1ccc(CC(C)C)cc1. The summed E-state index contributed by atoms with van der Waals surface area (Å²) in [5.41, 5.74) is 2.62. The van der Waals surface area contributed by atoms with Gasteiger partial charge in [-0.2, -0.15) is 0 Å². The fraction of sp³-hybridized carbons (Fsp3) is 0.611. The van der Waals surface area contributed by atoms with Crippen molar-refractivity contribution >= 4 is 5.97 Å². The third kappa shape index (κ3) is 5.50. The van der Waals surface area contributed by atoms with Gasteiger partial charge < -0.3 is 5.11 Å². The maximum atomic E-state index is 11.0. The summed E-state index contributed by atoms with van der Waals surface area (Å²) in [4.78, 5) is 13.2. The van der Waals surface area contributed by atoms with E-state index in [2.05, 4.69) is 56.9 Å². The van der Waals surface area contributed by atoms with Gasteiger partial charge in [0.25, 0.3) is 0 Å². The molecule has 0 fully saturated rings. The van der Waals surface area contributed by atoms with Gasteiger partial charge in [-0.25, -0.2) is 0 Å². The molecule has 0 bridgehead atoms. The van der Waals surface area contributed by atoms with Crippen molar-refractivity contribution in [3.8, 4) is 0 Å². The summed E-state index contributed by atoms with van der Waals surface area (Å²) in [5, 5.41) is 9.07. The predicted molar refractivity (Wildman–Crippen MR) is 87.4 cm³/mol. The first-order valence-corrected chi connectivity index (χ1v) is 7.90. The Morgan fingerprint density at radius 3 is 2.14 bits per heavy atom. The lowest BCUT2D eigenvalue weighted by molar-refractivity contribution is -0.141. The lowest BCUT2D eigenvalue weighted by atomic mass is 9.99. The highest BCUT2D eigenvalue weighted by Gasteiger charge is 2.20. The minimum Gasteiger partial charge on any atom is -0.481 e. The molecule has 1 N–H and O–H groups in total. The summed E-state index contributed by atoms with van der Waals surface area (Å²) in [6.45, 7) is 11.9.